The van der Waals surface area contributed by atoms with Gasteiger partial charge in [-0.3, -0.25) is 0 Å². The summed E-state index contributed by atoms with van der Waals surface area (Å²) >= 11 is -4.72. The van der Waals surface area contributed by atoms with Crippen LogP contribution in [0.2, 0.25) is 7.44 Å². The van der Waals surface area contributed by atoms with Crippen LogP contribution in [0.25, 0.3) is 0 Å². The summed E-state index contributed by atoms with van der Waals surface area (Å²) in [5.41, 5.74) is 0. The molecule has 5 heteroatoms. The van der Waals surface area contributed by atoms with Crippen LogP contribution in [-0.2, 0) is 16.6 Å². The maximum atomic E-state index is 15.4. The Morgan fingerprint density at radius 1 is 0.552 bits per heavy atom. The van der Waals surface area contributed by atoms with Crippen LogP contribution in [0, 0.1) is 23.3 Å². The second kappa shape index (κ2) is 6.96. The molecule has 2 aliphatic rings. The molecule has 2 aliphatic carbocycles. The Hall–Kier alpha value is -2.17. The summed E-state index contributed by atoms with van der Waals surface area (Å²) in [6, 6.07) is 7.26. The zero-order chi connectivity index (χ0) is 20.9. The van der Waals surface area contributed by atoms with E-state index >= 15 is 17.6 Å². The Morgan fingerprint density at radius 2 is 0.828 bits per heavy atom. The number of halogens is 4. The monoisotopic (exact) mass is 432 g/mol. The van der Waals surface area contributed by atoms with Crippen LogP contribution >= 0.6 is 0 Å². The molecule has 0 saturated carbocycles. The second-order valence-corrected chi connectivity index (χ2v) is 15.2. The van der Waals surface area contributed by atoms with Gasteiger partial charge < -0.3 is 0 Å². The fraction of sp³-hybridized carbons (Fsp3) is 0.167. The average molecular weight is 432 g/mol. The van der Waals surface area contributed by atoms with Crippen molar-refractivity contribution in [1.29, 1.82) is 0 Å². The molecular weight excluding hydrogens is 412 g/mol. The third-order valence-electron chi connectivity index (χ3n) is 6.28. The van der Waals surface area contributed by atoms with Gasteiger partial charge in [0.25, 0.3) is 0 Å². The van der Waals surface area contributed by atoms with Crippen molar-refractivity contribution in [3.05, 3.63) is 108 Å². The van der Waals surface area contributed by atoms with E-state index in [0.29, 0.717) is 0 Å². The average Bonchev–Trinajstić information content (AvgIpc) is 3.30. The van der Waals surface area contributed by atoms with E-state index in [9.17, 15) is 0 Å². The van der Waals surface area contributed by atoms with Gasteiger partial charge in [0.1, 0.15) is 0 Å². The molecule has 148 valence electrons. The van der Waals surface area contributed by atoms with Gasteiger partial charge in [-0.25, -0.2) is 0 Å². The van der Waals surface area contributed by atoms with Crippen molar-refractivity contribution < 1.29 is 34.2 Å². The first-order valence-corrected chi connectivity index (χ1v) is 12.5. The van der Waals surface area contributed by atoms with Gasteiger partial charge >= 0.3 is 171 Å². The number of allylic oxidation sites excluding steroid dienone is 8. The second-order valence-electron chi connectivity index (χ2n) is 7.95. The molecule has 0 heterocycles. The van der Waals surface area contributed by atoms with Crippen LogP contribution in [0.1, 0.15) is 13.8 Å². The third kappa shape index (κ3) is 2.69. The standard InChI is InChI=1S/2C6H3F2.2C6H7.Ti/c2*7-5-2-1-3-6(8)4-5;2*1-6-4-2-3-5-6;/h2*1-3H;2*2-5H,1H3;. The topological polar surface area (TPSA) is 0 Å². The molecule has 0 spiro atoms. The summed E-state index contributed by atoms with van der Waals surface area (Å²) in [6.07, 6.45) is 14.4. The van der Waals surface area contributed by atoms with Crippen molar-refractivity contribution in [3.63, 3.8) is 0 Å². The van der Waals surface area contributed by atoms with Gasteiger partial charge in [0.2, 0.25) is 0 Å². The van der Waals surface area contributed by atoms with E-state index in [-0.39, 0.29) is 7.74 Å². The Balaban J connectivity index is 2.29. The fourth-order valence-electron chi connectivity index (χ4n) is 5.13. The molecule has 0 bridgehead atoms. The SMILES string of the molecule is C[C]1([Ti]([c]2c(F)cccc2F)([c]2c(F)cccc2F)[C]2(C)C=CC=C2)C=CC=C1. The molecule has 0 aromatic heterocycles. The molecule has 0 aliphatic heterocycles. The molecule has 2 aromatic carbocycles. The molecule has 0 fully saturated rings. The number of hydrogen-bond donors (Lipinski definition) is 0. The van der Waals surface area contributed by atoms with E-state index in [1.807, 2.05) is 38.2 Å². The minimum atomic E-state index is -4.72. The molecular formula is C24H20F4Ti. The summed E-state index contributed by atoms with van der Waals surface area (Å²) < 4.78 is 59.4. The zero-order valence-electron chi connectivity index (χ0n) is 16.1. The maximum absolute atomic E-state index is 15.4. The van der Waals surface area contributed by atoms with Gasteiger partial charge in [-0.2, -0.15) is 0 Å². The molecule has 0 nitrogen and oxygen atoms in total. The summed E-state index contributed by atoms with van der Waals surface area (Å²) in [5.74, 6) is -3.06. The summed E-state index contributed by atoms with van der Waals surface area (Å²) in [4.78, 5) is 0. The Bertz CT molecular complexity index is 942. The van der Waals surface area contributed by atoms with Crippen LogP contribution in [0.3, 0.4) is 0 Å². The first-order valence-electron chi connectivity index (χ1n) is 9.40. The van der Waals surface area contributed by atoms with E-state index in [0.717, 1.165) is 0 Å². The molecule has 2 aromatic rings. The molecule has 0 unspecified atom stereocenters. The summed E-state index contributed by atoms with van der Waals surface area (Å²) in [6.45, 7) is 3.66. The van der Waals surface area contributed by atoms with Gasteiger partial charge in [-0.05, 0) is 0 Å². The van der Waals surface area contributed by atoms with E-state index < -0.39 is 47.3 Å². The van der Waals surface area contributed by atoms with Gasteiger partial charge in [0, 0.05) is 0 Å². The first kappa shape index (κ1) is 20.1. The summed E-state index contributed by atoms with van der Waals surface area (Å²) in [5, 5.41) is 0. The van der Waals surface area contributed by atoms with Crippen LogP contribution < -0.4 is 7.74 Å². The van der Waals surface area contributed by atoms with Crippen LogP contribution in [0.4, 0.5) is 17.6 Å². The molecule has 0 N–H and O–H groups in total. The fourth-order valence-corrected chi connectivity index (χ4v) is 15.6. The minimum absolute atomic E-state index is 0.172. The van der Waals surface area contributed by atoms with E-state index in [2.05, 4.69) is 0 Å². The predicted molar refractivity (Wildman–Crippen MR) is 105 cm³/mol. The van der Waals surface area contributed by atoms with Crippen molar-refractivity contribution >= 4 is 7.74 Å². The van der Waals surface area contributed by atoms with Crippen molar-refractivity contribution in [2.75, 3.05) is 0 Å². The van der Waals surface area contributed by atoms with E-state index in [1.54, 1.807) is 24.3 Å². The van der Waals surface area contributed by atoms with Gasteiger partial charge in [-0.1, -0.05) is 0 Å². The van der Waals surface area contributed by atoms with Crippen LogP contribution in [0.5, 0.6) is 0 Å². The molecule has 29 heavy (non-hydrogen) atoms. The van der Waals surface area contributed by atoms with Gasteiger partial charge in [-0.15, -0.1) is 0 Å². The van der Waals surface area contributed by atoms with E-state index in [4.69, 9.17) is 0 Å². The van der Waals surface area contributed by atoms with E-state index in [1.165, 1.54) is 36.4 Å². The quantitative estimate of drug-likeness (QED) is 0.414. The van der Waals surface area contributed by atoms with Crippen LogP contribution in [0.15, 0.2) is 85.0 Å². The van der Waals surface area contributed by atoms with Crippen molar-refractivity contribution in [2.24, 2.45) is 0 Å². The van der Waals surface area contributed by atoms with Gasteiger partial charge in [0.05, 0.1) is 0 Å². The zero-order valence-corrected chi connectivity index (χ0v) is 17.7. The number of rotatable bonds is 4. The van der Waals surface area contributed by atoms with Crippen molar-refractivity contribution in [2.45, 2.75) is 21.3 Å². The van der Waals surface area contributed by atoms with Crippen LogP contribution in [-0.4, -0.2) is 0 Å². The number of hydrogen-bond acceptors (Lipinski definition) is 0. The molecule has 4 rings (SSSR count). The predicted octanol–water partition coefficient (Wildman–Crippen LogP) is 5.96. The Labute approximate surface area is 171 Å². The molecule has 0 atom stereocenters. The first-order chi connectivity index (χ1) is 13.8. The Morgan fingerprint density at radius 3 is 1.10 bits per heavy atom. The molecule has 0 radical (unpaired) electrons. The normalized spacial score (nSPS) is 18.7. The molecule has 0 amide bonds. The molecule has 0 saturated heterocycles. The Kier molecular flexibility index (Phi) is 4.83. The third-order valence-corrected chi connectivity index (χ3v) is 16.2. The van der Waals surface area contributed by atoms with Crippen molar-refractivity contribution in [3.8, 4) is 0 Å². The van der Waals surface area contributed by atoms with Crippen molar-refractivity contribution in [1.82, 2.24) is 0 Å². The number of benzene rings is 2. The summed E-state index contributed by atoms with van der Waals surface area (Å²) in [7, 11) is 0. The van der Waals surface area contributed by atoms with Gasteiger partial charge in [0.15, 0.2) is 0 Å².